The van der Waals surface area contributed by atoms with E-state index < -0.39 is 5.91 Å². The molecule has 2 fully saturated rings. The van der Waals surface area contributed by atoms with E-state index in [0.717, 1.165) is 79.3 Å². The number of rotatable bonds is 8. The van der Waals surface area contributed by atoms with E-state index >= 15 is 0 Å². The monoisotopic (exact) mass is 510 g/mol. The van der Waals surface area contributed by atoms with Gasteiger partial charge < -0.3 is 21.1 Å². The molecule has 0 bridgehead atoms. The van der Waals surface area contributed by atoms with Crippen LogP contribution in [0.3, 0.4) is 0 Å². The normalized spacial score (nSPS) is 15.9. The van der Waals surface area contributed by atoms with Gasteiger partial charge in [0.1, 0.15) is 0 Å². The summed E-state index contributed by atoms with van der Waals surface area (Å²) in [6.07, 6.45) is 5.96. The largest absolute Gasteiger partial charge is 0.382 e. The number of carbonyl (C=O) groups excluding carboxylic acids is 2. The molecule has 9 nitrogen and oxygen atoms in total. The lowest BCUT2D eigenvalue weighted by molar-refractivity contribution is 0.0699. The van der Waals surface area contributed by atoms with Crippen molar-refractivity contribution in [2.24, 2.45) is 11.7 Å². The first-order valence-corrected chi connectivity index (χ1v) is 13.1. The summed E-state index contributed by atoms with van der Waals surface area (Å²) in [5, 5.41) is 11.5. The molecule has 1 aliphatic carbocycles. The number of nitrogens with two attached hydrogens (primary N) is 1. The first-order valence-electron chi connectivity index (χ1n) is 13.1. The summed E-state index contributed by atoms with van der Waals surface area (Å²) in [6, 6.07) is 16.9. The van der Waals surface area contributed by atoms with Crippen molar-refractivity contribution in [2.75, 3.05) is 25.1 Å². The maximum Gasteiger partial charge on any atom is 0.251 e. The number of hydrogen-bond donors (Lipinski definition) is 3. The van der Waals surface area contributed by atoms with Crippen LogP contribution in [0.1, 0.15) is 46.4 Å². The highest BCUT2D eigenvalue weighted by Gasteiger charge is 2.24. The Balaban J connectivity index is 1.35. The molecular weight excluding hydrogens is 480 g/mol. The molecule has 9 heteroatoms. The minimum absolute atomic E-state index is 0.0448. The van der Waals surface area contributed by atoms with Crippen LogP contribution in [-0.4, -0.2) is 52.2 Å². The molecule has 6 rings (SSSR count). The number of imidazole rings is 1. The Hall–Kier alpha value is -4.24. The van der Waals surface area contributed by atoms with Crippen LogP contribution < -0.4 is 16.4 Å². The second-order valence-electron chi connectivity index (χ2n) is 10.0. The van der Waals surface area contributed by atoms with Gasteiger partial charge in [0.2, 0.25) is 5.91 Å². The first-order chi connectivity index (χ1) is 18.5. The predicted molar refractivity (Wildman–Crippen MR) is 145 cm³/mol. The Labute approximate surface area is 220 Å². The standard InChI is InChI=1S/C29H30N6O3/c30-27(36)21-5-1-19(2-6-21)24-15-25(31-16-18-11-13-38-14-12-18)28-32-17-26(35(28)34-24)20-3-7-22(8-4-20)29(37)33-23-9-10-23/h1-8,15,17-18,23,31H,9-14,16H2,(H2,30,36)(H,33,37). The van der Waals surface area contributed by atoms with E-state index in [1.165, 1.54) is 0 Å². The van der Waals surface area contributed by atoms with Gasteiger partial charge in [-0.15, -0.1) is 0 Å². The second-order valence-corrected chi connectivity index (χ2v) is 10.0. The van der Waals surface area contributed by atoms with Gasteiger partial charge in [0.25, 0.3) is 5.91 Å². The van der Waals surface area contributed by atoms with Gasteiger partial charge in [-0.3, -0.25) is 9.59 Å². The van der Waals surface area contributed by atoms with E-state index in [1.54, 1.807) is 18.3 Å². The van der Waals surface area contributed by atoms with Gasteiger partial charge >= 0.3 is 0 Å². The van der Waals surface area contributed by atoms with Crippen molar-refractivity contribution in [3.8, 4) is 22.5 Å². The molecule has 0 atom stereocenters. The first kappa shape index (κ1) is 24.1. The molecule has 4 N–H and O–H groups in total. The molecule has 38 heavy (non-hydrogen) atoms. The summed E-state index contributed by atoms with van der Waals surface area (Å²) in [5.74, 6) is 0.0144. The molecule has 1 saturated carbocycles. The van der Waals surface area contributed by atoms with Gasteiger partial charge in [0.15, 0.2) is 5.65 Å². The number of hydrogen-bond acceptors (Lipinski definition) is 6. The fraction of sp³-hybridized carbons (Fsp3) is 0.310. The fourth-order valence-corrected chi connectivity index (χ4v) is 4.74. The Bertz CT molecular complexity index is 1470. The molecule has 3 heterocycles. The van der Waals surface area contributed by atoms with E-state index in [9.17, 15) is 9.59 Å². The van der Waals surface area contributed by atoms with E-state index in [4.69, 9.17) is 20.6 Å². The molecule has 2 amide bonds. The molecular formula is C29H30N6O3. The smallest absolute Gasteiger partial charge is 0.251 e. The third-order valence-electron chi connectivity index (χ3n) is 7.21. The van der Waals surface area contributed by atoms with Crippen molar-refractivity contribution in [3.63, 3.8) is 0 Å². The van der Waals surface area contributed by atoms with Gasteiger partial charge in [-0.25, -0.2) is 9.50 Å². The maximum atomic E-state index is 12.4. The van der Waals surface area contributed by atoms with Crippen LogP contribution >= 0.6 is 0 Å². The summed E-state index contributed by atoms with van der Waals surface area (Å²) in [7, 11) is 0. The van der Waals surface area contributed by atoms with Crippen LogP contribution in [0.25, 0.3) is 28.2 Å². The molecule has 4 aromatic rings. The number of nitrogens with zero attached hydrogens (tertiary/aromatic N) is 3. The third-order valence-corrected chi connectivity index (χ3v) is 7.21. The Morgan fingerprint density at radius 1 is 0.947 bits per heavy atom. The summed E-state index contributed by atoms with van der Waals surface area (Å²) in [4.78, 5) is 28.7. The lowest BCUT2D eigenvalue weighted by Crippen LogP contribution is -2.25. The zero-order chi connectivity index (χ0) is 26.1. The van der Waals surface area contributed by atoms with Crippen LogP contribution in [-0.2, 0) is 4.74 Å². The molecule has 194 valence electrons. The lowest BCUT2D eigenvalue weighted by atomic mass is 10.0. The van der Waals surface area contributed by atoms with Gasteiger partial charge in [-0.05, 0) is 61.9 Å². The van der Waals surface area contributed by atoms with Gasteiger partial charge in [0, 0.05) is 48.1 Å². The summed E-state index contributed by atoms with van der Waals surface area (Å²) >= 11 is 0. The van der Waals surface area contributed by atoms with Crippen LogP contribution in [0.2, 0.25) is 0 Å². The topological polar surface area (TPSA) is 124 Å². The maximum absolute atomic E-state index is 12.4. The molecule has 0 spiro atoms. The highest BCUT2D eigenvalue weighted by Crippen LogP contribution is 2.29. The molecule has 0 radical (unpaired) electrons. The van der Waals surface area contributed by atoms with Crippen LogP contribution in [0.4, 0.5) is 5.69 Å². The number of nitrogens with one attached hydrogen (secondary N) is 2. The number of anilines is 1. The molecule has 1 saturated heterocycles. The van der Waals surface area contributed by atoms with E-state index in [-0.39, 0.29) is 5.91 Å². The Kier molecular flexibility index (Phi) is 6.51. The zero-order valence-corrected chi connectivity index (χ0v) is 21.0. The number of fused-ring (bicyclic) bond motifs is 1. The van der Waals surface area contributed by atoms with Gasteiger partial charge in [-0.2, -0.15) is 5.10 Å². The highest BCUT2D eigenvalue weighted by atomic mass is 16.5. The predicted octanol–water partition coefficient (Wildman–Crippen LogP) is 3.89. The molecule has 2 aliphatic rings. The summed E-state index contributed by atoms with van der Waals surface area (Å²) in [5.41, 5.74) is 11.4. The minimum atomic E-state index is -0.468. The Morgan fingerprint density at radius 2 is 1.63 bits per heavy atom. The highest BCUT2D eigenvalue weighted by molar-refractivity contribution is 5.95. The molecule has 1 aliphatic heterocycles. The van der Waals surface area contributed by atoms with E-state index in [1.807, 2.05) is 47.0 Å². The van der Waals surface area contributed by atoms with Crippen molar-refractivity contribution in [2.45, 2.75) is 31.7 Å². The lowest BCUT2D eigenvalue weighted by Gasteiger charge is -2.23. The Morgan fingerprint density at radius 3 is 2.32 bits per heavy atom. The van der Waals surface area contributed by atoms with Crippen LogP contribution in [0.5, 0.6) is 0 Å². The quantitative estimate of drug-likeness (QED) is 0.330. The minimum Gasteiger partial charge on any atom is -0.382 e. The number of primary amides is 1. The van der Waals surface area contributed by atoms with Crippen molar-refractivity contribution in [1.82, 2.24) is 19.9 Å². The number of benzene rings is 2. The third kappa shape index (κ3) is 5.10. The van der Waals surface area contributed by atoms with Crippen molar-refractivity contribution >= 4 is 23.1 Å². The summed E-state index contributed by atoms with van der Waals surface area (Å²) in [6.45, 7) is 2.39. The molecule has 2 aromatic heterocycles. The average Bonchev–Trinajstić information content (AvgIpc) is 3.67. The summed E-state index contributed by atoms with van der Waals surface area (Å²) < 4.78 is 7.35. The number of carbonyl (C=O) groups is 2. The average molecular weight is 511 g/mol. The van der Waals surface area contributed by atoms with E-state index in [2.05, 4.69) is 10.6 Å². The fourth-order valence-electron chi connectivity index (χ4n) is 4.74. The molecule has 2 aromatic carbocycles. The number of amides is 2. The number of ether oxygens (including phenoxy) is 1. The van der Waals surface area contributed by atoms with Crippen LogP contribution in [0.15, 0.2) is 60.8 Å². The van der Waals surface area contributed by atoms with Gasteiger partial charge in [-0.1, -0.05) is 24.3 Å². The second kappa shape index (κ2) is 10.3. The van der Waals surface area contributed by atoms with Crippen molar-refractivity contribution < 1.29 is 14.3 Å². The van der Waals surface area contributed by atoms with Crippen molar-refractivity contribution in [3.05, 3.63) is 71.9 Å². The SMILES string of the molecule is NC(=O)c1ccc(-c2cc(NCC3CCOCC3)c3ncc(-c4ccc(C(=O)NC5CC5)cc4)n3n2)cc1. The van der Waals surface area contributed by atoms with Gasteiger partial charge in [0.05, 0.1) is 23.3 Å². The van der Waals surface area contributed by atoms with Crippen LogP contribution in [0, 0.1) is 5.92 Å². The van der Waals surface area contributed by atoms with E-state index in [0.29, 0.717) is 23.1 Å². The zero-order valence-electron chi connectivity index (χ0n) is 21.0. The number of aromatic nitrogens is 3. The van der Waals surface area contributed by atoms with Crippen molar-refractivity contribution in [1.29, 1.82) is 0 Å². The molecule has 0 unspecified atom stereocenters.